The molecule has 1 atom stereocenters. The first kappa shape index (κ1) is 22.9. The number of halogens is 1. The summed E-state index contributed by atoms with van der Waals surface area (Å²) in [7, 11) is 3.02. The minimum Gasteiger partial charge on any atom is -0.495 e. The zero-order chi connectivity index (χ0) is 21.4. The second-order valence-corrected chi connectivity index (χ2v) is 8.08. The summed E-state index contributed by atoms with van der Waals surface area (Å²) < 4.78 is 10.5. The Bertz CT molecular complexity index is 859. The van der Waals surface area contributed by atoms with Crippen LogP contribution in [0.3, 0.4) is 0 Å². The molecule has 0 aliphatic carbocycles. The van der Waals surface area contributed by atoms with Crippen LogP contribution in [-0.4, -0.2) is 31.3 Å². The van der Waals surface area contributed by atoms with Crippen molar-refractivity contribution in [2.24, 2.45) is 0 Å². The van der Waals surface area contributed by atoms with E-state index in [4.69, 9.17) is 21.1 Å². The lowest BCUT2D eigenvalue weighted by molar-refractivity contribution is -0.116. The van der Waals surface area contributed by atoms with E-state index >= 15 is 0 Å². The molecule has 156 valence electrons. The molecule has 0 fully saturated rings. The molecule has 2 aromatic rings. The van der Waals surface area contributed by atoms with E-state index in [-0.39, 0.29) is 17.1 Å². The van der Waals surface area contributed by atoms with Crippen LogP contribution in [-0.2, 0) is 9.59 Å². The Hall–Kier alpha value is -2.38. The Morgan fingerprint density at radius 1 is 1.07 bits per heavy atom. The normalized spacial score (nSPS) is 11.5. The molecule has 0 aliphatic heterocycles. The number of amides is 2. The smallest absolute Gasteiger partial charge is 0.237 e. The van der Waals surface area contributed by atoms with E-state index in [9.17, 15) is 9.59 Å². The van der Waals surface area contributed by atoms with Crippen LogP contribution < -0.4 is 20.1 Å². The third-order valence-corrected chi connectivity index (χ3v) is 5.44. The van der Waals surface area contributed by atoms with Crippen LogP contribution in [0.5, 0.6) is 11.5 Å². The highest BCUT2D eigenvalue weighted by atomic mass is 35.5. The first-order valence-corrected chi connectivity index (χ1v) is 10.4. The van der Waals surface area contributed by atoms with E-state index < -0.39 is 0 Å². The maximum absolute atomic E-state index is 12.6. The second kappa shape index (κ2) is 11.0. The van der Waals surface area contributed by atoms with Crippen molar-refractivity contribution in [2.75, 3.05) is 24.9 Å². The van der Waals surface area contributed by atoms with Gasteiger partial charge in [0.15, 0.2) is 0 Å². The van der Waals surface area contributed by atoms with E-state index in [0.717, 1.165) is 17.0 Å². The second-order valence-electron chi connectivity index (χ2n) is 6.26. The molecular formula is C21H25ClN2O4S. The van der Waals surface area contributed by atoms with Crippen molar-refractivity contribution in [3.05, 3.63) is 41.4 Å². The molecule has 2 rings (SSSR count). The van der Waals surface area contributed by atoms with E-state index in [1.807, 2.05) is 38.1 Å². The Kier molecular flexibility index (Phi) is 8.67. The molecule has 2 aromatic carbocycles. The molecule has 0 radical (unpaired) electrons. The molecule has 0 saturated heterocycles. The fraction of sp³-hybridized carbons (Fsp3) is 0.333. The zero-order valence-electron chi connectivity index (χ0n) is 16.9. The SMILES string of the molecule is CCCC(=O)Nc1ccc(SC(C)C(=O)Nc2cc(Cl)c(OC)cc2OC)cc1. The number of thioether (sulfide) groups is 1. The lowest BCUT2D eigenvalue weighted by Gasteiger charge is -2.16. The summed E-state index contributed by atoms with van der Waals surface area (Å²) in [4.78, 5) is 25.2. The van der Waals surface area contributed by atoms with Crippen molar-refractivity contribution >= 4 is 46.6 Å². The lowest BCUT2D eigenvalue weighted by Crippen LogP contribution is -2.22. The van der Waals surface area contributed by atoms with E-state index in [2.05, 4.69) is 10.6 Å². The van der Waals surface area contributed by atoms with Gasteiger partial charge in [-0.3, -0.25) is 9.59 Å². The van der Waals surface area contributed by atoms with Crippen LogP contribution in [0.2, 0.25) is 5.02 Å². The molecular weight excluding hydrogens is 412 g/mol. The highest BCUT2D eigenvalue weighted by Gasteiger charge is 2.18. The maximum atomic E-state index is 12.6. The van der Waals surface area contributed by atoms with Crippen molar-refractivity contribution in [3.8, 4) is 11.5 Å². The molecule has 0 bridgehead atoms. The zero-order valence-corrected chi connectivity index (χ0v) is 18.4. The molecule has 0 spiro atoms. The van der Waals surface area contributed by atoms with Gasteiger partial charge in [0.2, 0.25) is 11.8 Å². The Morgan fingerprint density at radius 3 is 2.31 bits per heavy atom. The van der Waals surface area contributed by atoms with Gasteiger partial charge in [0, 0.05) is 23.1 Å². The number of hydrogen-bond donors (Lipinski definition) is 2. The Labute approximate surface area is 180 Å². The molecule has 2 N–H and O–H groups in total. The van der Waals surface area contributed by atoms with Gasteiger partial charge in [-0.1, -0.05) is 18.5 Å². The number of methoxy groups -OCH3 is 2. The van der Waals surface area contributed by atoms with Gasteiger partial charge in [0.05, 0.1) is 30.2 Å². The van der Waals surface area contributed by atoms with Gasteiger partial charge in [-0.25, -0.2) is 0 Å². The monoisotopic (exact) mass is 436 g/mol. The van der Waals surface area contributed by atoms with Gasteiger partial charge in [-0.15, -0.1) is 11.8 Å². The molecule has 29 heavy (non-hydrogen) atoms. The lowest BCUT2D eigenvalue weighted by atomic mass is 10.2. The van der Waals surface area contributed by atoms with Gasteiger partial charge < -0.3 is 20.1 Å². The van der Waals surface area contributed by atoms with Crippen LogP contribution >= 0.6 is 23.4 Å². The summed E-state index contributed by atoms with van der Waals surface area (Å²) in [6.45, 7) is 3.77. The largest absolute Gasteiger partial charge is 0.495 e. The van der Waals surface area contributed by atoms with E-state index in [1.165, 1.54) is 26.0 Å². The topological polar surface area (TPSA) is 76.7 Å². The number of rotatable bonds is 9. The van der Waals surface area contributed by atoms with Crippen molar-refractivity contribution in [1.29, 1.82) is 0 Å². The molecule has 2 amide bonds. The highest BCUT2D eigenvalue weighted by molar-refractivity contribution is 8.00. The van der Waals surface area contributed by atoms with Crippen LogP contribution in [0.15, 0.2) is 41.3 Å². The number of carbonyl (C=O) groups excluding carboxylic acids is 2. The van der Waals surface area contributed by atoms with Crippen LogP contribution in [0.1, 0.15) is 26.7 Å². The summed E-state index contributed by atoms with van der Waals surface area (Å²) in [6.07, 6.45) is 1.29. The predicted molar refractivity (Wildman–Crippen MR) is 118 cm³/mol. The molecule has 0 heterocycles. The van der Waals surface area contributed by atoms with E-state index in [0.29, 0.717) is 28.6 Å². The molecule has 1 unspecified atom stereocenters. The van der Waals surface area contributed by atoms with Gasteiger partial charge >= 0.3 is 0 Å². The third-order valence-electron chi connectivity index (χ3n) is 4.03. The van der Waals surface area contributed by atoms with Gasteiger partial charge in [-0.05, 0) is 43.7 Å². The summed E-state index contributed by atoms with van der Waals surface area (Å²) >= 11 is 7.57. The Balaban J connectivity index is 2.00. The number of ether oxygens (including phenoxy) is 2. The standard InChI is InChI=1S/C21H25ClN2O4S/c1-5-6-20(25)23-14-7-9-15(10-8-14)29-13(2)21(26)24-17-11-16(22)18(27-3)12-19(17)28-4/h7-13H,5-6H2,1-4H3,(H,23,25)(H,24,26). The molecule has 8 heteroatoms. The number of carbonyl (C=O) groups is 2. The fourth-order valence-corrected chi connectivity index (χ4v) is 3.63. The maximum Gasteiger partial charge on any atom is 0.237 e. The molecule has 6 nitrogen and oxygen atoms in total. The van der Waals surface area contributed by atoms with Crippen LogP contribution in [0, 0.1) is 0 Å². The van der Waals surface area contributed by atoms with E-state index in [1.54, 1.807) is 12.1 Å². The van der Waals surface area contributed by atoms with Crippen LogP contribution in [0.4, 0.5) is 11.4 Å². The third kappa shape index (κ3) is 6.58. The predicted octanol–water partition coefficient (Wildman–Crippen LogP) is 5.22. The average molecular weight is 437 g/mol. The first-order chi connectivity index (χ1) is 13.9. The minimum atomic E-state index is -0.360. The van der Waals surface area contributed by atoms with Crippen molar-refractivity contribution in [1.82, 2.24) is 0 Å². The van der Waals surface area contributed by atoms with Gasteiger partial charge in [0.1, 0.15) is 11.5 Å². The van der Waals surface area contributed by atoms with Crippen LogP contribution in [0.25, 0.3) is 0 Å². The Morgan fingerprint density at radius 2 is 1.72 bits per heavy atom. The van der Waals surface area contributed by atoms with Crippen molar-refractivity contribution < 1.29 is 19.1 Å². The number of benzene rings is 2. The quantitative estimate of drug-likeness (QED) is 0.527. The molecule has 0 aromatic heterocycles. The van der Waals surface area contributed by atoms with Crippen molar-refractivity contribution in [2.45, 2.75) is 36.8 Å². The summed E-state index contributed by atoms with van der Waals surface area (Å²) in [5.41, 5.74) is 1.22. The fourth-order valence-electron chi connectivity index (χ4n) is 2.52. The summed E-state index contributed by atoms with van der Waals surface area (Å²) in [5.74, 6) is 0.738. The van der Waals surface area contributed by atoms with Gasteiger partial charge in [0.25, 0.3) is 0 Å². The minimum absolute atomic E-state index is 0.00671. The summed E-state index contributed by atoms with van der Waals surface area (Å²) in [6, 6.07) is 10.6. The number of anilines is 2. The number of hydrogen-bond acceptors (Lipinski definition) is 5. The molecule has 0 aliphatic rings. The first-order valence-electron chi connectivity index (χ1n) is 9.16. The molecule has 0 saturated carbocycles. The summed E-state index contributed by atoms with van der Waals surface area (Å²) in [5, 5.41) is 5.70. The number of nitrogens with one attached hydrogen (secondary N) is 2. The van der Waals surface area contributed by atoms with Crippen molar-refractivity contribution in [3.63, 3.8) is 0 Å². The average Bonchev–Trinajstić information content (AvgIpc) is 2.69. The van der Waals surface area contributed by atoms with Gasteiger partial charge in [-0.2, -0.15) is 0 Å². The highest BCUT2D eigenvalue weighted by Crippen LogP contribution is 2.36.